The van der Waals surface area contributed by atoms with Crippen molar-refractivity contribution in [2.45, 2.75) is 18.4 Å². The molecule has 0 aromatic carbocycles. The second kappa shape index (κ2) is 18.3. The molecular formula is C6H12Al2O3Sr2. The predicted octanol–water partition coefficient (Wildman–Crippen LogP) is 0.744. The average Bonchev–Trinajstić information content (AvgIpc) is 2.47. The molecule has 7 heteroatoms. The molecule has 3 nitrogen and oxygen atoms in total. The third-order valence-electron chi connectivity index (χ3n) is 1.73. The molecule has 2 aliphatic rings. The Morgan fingerprint density at radius 2 is 0.846 bits per heavy atom. The number of hydrogen-bond donors (Lipinski definition) is 0. The molecule has 0 amide bonds. The second-order valence-corrected chi connectivity index (χ2v) is 15.9. The van der Waals surface area contributed by atoms with Crippen molar-refractivity contribution in [1.82, 2.24) is 0 Å². The van der Waals surface area contributed by atoms with Gasteiger partial charge in [0.25, 0.3) is 0 Å². The molecule has 2 fully saturated rings. The van der Waals surface area contributed by atoms with Crippen LogP contribution < -0.4 is 0 Å². The third kappa shape index (κ3) is 31.3. The van der Waals surface area contributed by atoms with Crippen LogP contribution in [0, 0.1) is 0 Å². The topological polar surface area (TPSA) is 85.5 Å². The van der Waals surface area contributed by atoms with E-state index in [0.717, 1.165) is 0 Å². The molecule has 2 saturated heterocycles. The summed E-state index contributed by atoms with van der Waals surface area (Å²) in [6.07, 6.45) is 0. The molecule has 0 N–H and O–H groups in total. The van der Waals surface area contributed by atoms with Gasteiger partial charge in [0.15, 0.2) is 0 Å². The van der Waals surface area contributed by atoms with E-state index >= 15 is 0 Å². The number of hydrogen-bond acceptors (Lipinski definition) is 0. The van der Waals surface area contributed by atoms with Crippen LogP contribution in [-0.2, 0) is 16.4 Å². The van der Waals surface area contributed by atoms with Crippen LogP contribution >= 0.6 is 0 Å². The molecular weight excluding hydrogens is 349 g/mol. The molecule has 0 aromatic rings. The minimum Gasteiger partial charge on any atom is -2.00 e. The van der Waals surface area contributed by atoms with E-state index in [1.807, 2.05) is 0 Å². The van der Waals surface area contributed by atoms with Gasteiger partial charge >= 0.3 is 135 Å². The van der Waals surface area contributed by atoms with Crippen molar-refractivity contribution in [1.29, 1.82) is 0 Å². The van der Waals surface area contributed by atoms with Crippen LogP contribution in [-0.4, -0.2) is 117 Å². The zero-order valence-corrected chi connectivity index (χ0v) is 17.6. The van der Waals surface area contributed by atoms with E-state index in [-0.39, 0.29) is 133 Å². The average molecular weight is 361 g/mol. The Labute approximate surface area is 147 Å². The van der Waals surface area contributed by atoms with Gasteiger partial charge < -0.3 is 16.4 Å². The van der Waals surface area contributed by atoms with Gasteiger partial charge in [-0.15, -0.1) is 0 Å². The van der Waals surface area contributed by atoms with Gasteiger partial charge in [-0.25, -0.2) is 0 Å². The first-order valence-corrected chi connectivity index (χ1v) is 12.7. The fourth-order valence-electron chi connectivity index (χ4n) is 0.333. The fourth-order valence-corrected chi connectivity index (χ4v) is 1.97. The van der Waals surface area contributed by atoms with Crippen LogP contribution in [0.4, 0.5) is 0 Å². The minimum atomic E-state index is 0. The van der Waals surface area contributed by atoms with Gasteiger partial charge in [0, 0.05) is 0 Å². The Bertz CT molecular complexity index is 72.3. The van der Waals surface area contributed by atoms with E-state index < -0.39 is 0 Å². The van der Waals surface area contributed by atoms with Crippen LogP contribution in [0.25, 0.3) is 0 Å². The maximum atomic E-state index is 2.37. The van der Waals surface area contributed by atoms with Gasteiger partial charge in [-0.1, -0.05) is 0 Å². The number of rotatable bonds is 0. The zero-order chi connectivity index (χ0) is 5.98. The van der Waals surface area contributed by atoms with Gasteiger partial charge in [0.2, 0.25) is 0 Å². The Morgan fingerprint density at radius 1 is 0.769 bits per heavy atom. The molecule has 64 valence electrons. The van der Waals surface area contributed by atoms with Crippen LogP contribution in [0.2, 0.25) is 4.56 Å². The molecule has 0 radical (unpaired) electrons. The molecule has 0 bridgehead atoms. The molecule has 2 rings (SSSR count). The van der Waals surface area contributed by atoms with Crippen molar-refractivity contribution in [3.8, 4) is 0 Å². The molecule has 0 aliphatic carbocycles. The molecule has 2 aliphatic heterocycles. The van der Waals surface area contributed by atoms with Gasteiger partial charge in [0.05, 0.1) is 0 Å². The van der Waals surface area contributed by atoms with E-state index in [2.05, 4.69) is 13.8 Å². The molecule has 0 spiro atoms. The van der Waals surface area contributed by atoms with Crippen LogP contribution in [0.15, 0.2) is 0 Å². The summed E-state index contributed by atoms with van der Waals surface area (Å²) in [5.41, 5.74) is 0. The summed E-state index contributed by atoms with van der Waals surface area (Å²) in [4.78, 5) is 0. The van der Waals surface area contributed by atoms with Crippen molar-refractivity contribution < 1.29 is 16.4 Å². The van der Waals surface area contributed by atoms with Crippen molar-refractivity contribution >= 4 is 117 Å². The Balaban J connectivity index is -0.0000000237. The van der Waals surface area contributed by atoms with Crippen molar-refractivity contribution in [3.05, 3.63) is 0 Å². The van der Waals surface area contributed by atoms with Gasteiger partial charge in [-0.3, -0.25) is 0 Å². The summed E-state index contributed by atoms with van der Waals surface area (Å²) in [5.74, 6) is 0. The normalized spacial score (nSPS) is 22.0. The SMILES string of the molecule is C[CH]1[CH2][Sr]1.C[CH]1[CH2][Sr]1.[Al+3].[Al+3].[O-2].[O-2].[O-2]. The quantitative estimate of drug-likeness (QED) is 0.570. The van der Waals surface area contributed by atoms with E-state index in [1.165, 1.54) is 1.78 Å². The molecule has 13 heavy (non-hydrogen) atoms. The molecule has 0 aromatic heterocycles. The first-order valence-electron chi connectivity index (χ1n) is 3.79. The van der Waals surface area contributed by atoms with E-state index in [0.29, 0.717) is 0 Å². The standard InChI is InChI=1S/2C3H6.2Al.3O.2Sr/c2*1-3-2;;;;;;;/h2*3H,1H2,2H3;;;;;;;/q;;2*+3;3*-2;;. The Morgan fingerprint density at radius 3 is 0.846 bits per heavy atom. The molecule has 2 unspecified atom stereocenters. The van der Waals surface area contributed by atoms with Crippen LogP contribution in [0.1, 0.15) is 13.8 Å². The predicted molar refractivity (Wildman–Crippen MR) is 53.5 cm³/mol. The first kappa shape index (κ1) is 30.2. The maximum Gasteiger partial charge on any atom is 3.00 e. The molecule has 0 saturated carbocycles. The minimum absolute atomic E-state index is 0. The van der Waals surface area contributed by atoms with Gasteiger partial charge in [0.1, 0.15) is 0 Å². The summed E-state index contributed by atoms with van der Waals surface area (Å²) in [6, 6.07) is 0. The van der Waals surface area contributed by atoms with E-state index in [9.17, 15) is 0 Å². The van der Waals surface area contributed by atoms with Crippen LogP contribution in [0.5, 0.6) is 0 Å². The van der Waals surface area contributed by atoms with Crippen molar-refractivity contribution in [3.63, 3.8) is 0 Å². The van der Waals surface area contributed by atoms with Crippen LogP contribution in [0.3, 0.4) is 0 Å². The smallest absolute Gasteiger partial charge is 2.00 e. The maximum absolute atomic E-state index is 2.37. The van der Waals surface area contributed by atoms with Gasteiger partial charge in [-0.2, -0.15) is 0 Å². The largest absolute Gasteiger partial charge is 3.00 e. The zero-order valence-electron chi connectivity index (χ0n) is 8.36. The van der Waals surface area contributed by atoms with Crippen molar-refractivity contribution in [2.24, 2.45) is 0 Å². The summed E-state index contributed by atoms with van der Waals surface area (Å²) in [6.45, 7) is 4.74. The Hall–Kier alpha value is 3.91. The Kier molecular flexibility index (Phi) is 42.4. The summed E-state index contributed by atoms with van der Waals surface area (Å²) in [5, 5.41) is 0. The molecule has 2 atom stereocenters. The summed E-state index contributed by atoms with van der Waals surface area (Å²) in [7, 11) is 0. The summed E-state index contributed by atoms with van der Waals surface area (Å²) >= 11 is 0.266. The molecule has 2 heterocycles. The monoisotopic (exact) mass is 362 g/mol. The third-order valence-corrected chi connectivity index (χ3v) is 10.2. The summed E-state index contributed by atoms with van der Waals surface area (Å²) < 4.78 is 5.98. The van der Waals surface area contributed by atoms with Crippen molar-refractivity contribution in [2.75, 3.05) is 0 Å². The van der Waals surface area contributed by atoms with E-state index in [1.54, 1.807) is 2.78 Å². The van der Waals surface area contributed by atoms with Gasteiger partial charge in [-0.05, 0) is 0 Å². The fraction of sp³-hybridized carbons (Fsp3) is 1.00. The first-order chi connectivity index (χ1) is 3.79. The second-order valence-electron chi connectivity index (χ2n) is 3.37. The van der Waals surface area contributed by atoms with E-state index in [4.69, 9.17) is 0 Å².